The Labute approximate surface area is 330 Å². The molecule has 1 saturated carbocycles. The maximum Gasteiger partial charge on any atom is 0.293 e. The number of sulfonamides is 1. The van der Waals surface area contributed by atoms with E-state index in [-0.39, 0.29) is 69.3 Å². The Morgan fingerprint density at radius 1 is 1.02 bits per heavy atom. The molecule has 0 unspecified atom stereocenters. The van der Waals surface area contributed by atoms with Crippen molar-refractivity contribution in [1.29, 1.82) is 0 Å². The highest BCUT2D eigenvalue weighted by Gasteiger charge is 2.67. The zero-order valence-electron chi connectivity index (χ0n) is 30.4. The number of rotatable bonds is 12. The third-order valence-electron chi connectivity index (χ3n) is 10.2. The molecule has 6 aromatic rings. The molecule has 3 heterocycles. The first kappa shape index (κ1) is 39.2. The second-order valence-electron chi connectivity index (χ2n) is 14.4. The quantitative estimate of drug-likeness (QED) is 0.136. The Hall–Kier alpha value is -5.69. The van der Waals surface area contributed by atoms with E-state index >= 15 is 8.78 Å². The fraction of sp³-hybridized carbons (Fsp3) is 0.289. The molecule has 0 radical (unpaired) electrons. The molecule has 0 spiro atoms. The minimum atomic E-state index is -3.85. The molecule has 3 atom stereocenters. The zero-order valence-corrected chi connectivity index (χ0v) is 31.9. The van der Waals surface area contributed by atoms with Crippen LogP contribution in [-0.4, -0.2) is 55.7 Å². The maximum atomic E-state index is 15.3. The number of nitrogens with one attached hydrogen (secondary N) is 2. The number of anilines is 1. The van der Waals surface area contributed by atoms with Crippen LogP contribution < -0.4 is 15.6 Å². The van der Waals surface area contributed by atoms with Crippen molar-refractivity contribution < 1.29 is 39.6 Å². The average Bonchev–Trinajstić information content (AvgIpc) is 3.67. The first-order chi connectivity index (χ1) is 27.4. The number of alkyl halides is 4. The van der Waals surface area contributed by atoms with Gasteiger partial charge in [0.2, 0.25) is 15.9 Å². The number of aryl methyl sites for hydroxylation is 1. The third-order valence-corrected chi connectivity index (χ3v) is 11.0. The Balaban J connectivity index is 1.24. The summed E-state index contributed by atoms with van der Waals surface area (Å²) in [6.07, 6.45) is -2.84. The van der Waals surface area contributed by atoms with Crippen LogP contribution in [0.1, 0.15) is 47.1 Å². The molecule has 3 aromatic carbocycles. The van der Waals surface area contributed by atoms with Gasteiger partial charge in [-0.25, -0.2) is 31.0 Å². The number of benzene rings is 3. The summed E-state index contributed by atoms with van der Waals surface area (Å²) in [5, 5.41) is 10.9. The monoisotopic (exact) mass is 844 g/mol. The Kier molecular flexibility index (Phi) is 9.65. The molecule has 2 aliphatic rings. The van der Waals surface area contributed by atoms with Crippen LogP contribution in [0.5, 0.6) is 0 Å². The van der Waals surface area contributed by atoms with E-state index in [1.165, 1.54) is 34.5 Å². The zero-order chi connectivity index (χ0) is 41.4. The molecule has 58 heavy (non-hydrogen) atoms. The molecular weight excluding hydrogens is 814 g/mol. The number of nitrogens with zero attached hydrogens (tertiary/aromatic N) is 6. The first-order valence-electron chi connectivity index (χ1n) is 17.7. The topological polar surface area (TPSA) is 146 Å². The predicted molar refractivity (Wildman–Crippen MR) is 201 cm³/mol. The summed E-state index contributed by atoms with van der Waals surface area (Å²) < 4.78 is 117. The summed E-state index contributed by atoms with van der Waals surface area (Å²) in [4.78, 5) is 32.9. The van der Waals surface area contributed by atoms with Gasteiger partial charge in [-0.05, 0) is 48.6 Å². The van der Waals surface area contributed by atoms with Crippen LogP contribution >= 0.6 is 11.6 Å². The van der Waals surface area contributed by atoms with Gasteiger partial charge in [-0.2, -0.15) is 19.0 Å². The van der Waals surface area contributed by atoms with Crippen LogP contribution in [0.3, 0.4) is 0 Å². The molecule has 8 rings (SSSR count). The summed E-state index contributed by atoms with van der Waals surface area (Å²) >= 11 is 6.56. The summed E-state index contributed by atoms with van der Waals surface area (Å²) in [6, 6.07) is 14.3. The highest BCUT2D eigenvalue weighted by atomic mass is 35.5. The number of amides is 1. The minimum Gasteiger partial charge on any atom is -0.351 e. The number of aromatic nitrogens is 6. The van der Waals surface area contributed by atoms with E-state index in [2.05, 4.69) is 20.2 Å². The normalized spacial score (nSPS) is 17.3. The molecule has 1 fully saturated rings. The molecule has 3 aromatic heterocycles. The van der Waals surface area contributed by atoms with Crippen LogP contribution in [0.2, 0.25) is 5.02 Å². The van der Waals surface area contributed by atoms with Crippen molar-refractivity contribution in [3.8, 4) is 16.9 Å². The van der Waals surface area contributed by atoms with Gasteiger partial charge in [-0.3, -0.25) is 28.2 Å². The maximum absolute atomic E-state index is 15.3. The van der Waals surface area contributed by atoms with E-state index in [9.17, 15) is 35.6 Å². The lowest BCUT2D eigenvalue weighted by molar-refractivity contribution is -0.122. The van der Waals surface area contributed by atoms with Gasteiger partial charge in [0.25, 0.3) is 17.9 Å². The van der Waals surface area contributed by atoms with Crippen LogP contribution in [0.4, 0.5) is 32.2 Å². The number of halogens is 7. The SMILES string of the molecule is Cn1nc(NS(C)(=O)=O)c2c(Cl)ccc(-n3c(C[C@H](Cc4cc(F)cc(F)c4)NC(=O)Cn4nc(C(F)F)c5c4C(F)(F)[C@@H]4C[C@H]54)nc(-c4ccccc4)cc3=O)c21. The molecular formula is C38H31ClF6N8O4S. The first-order valence-corrected chi connectivity index (χ1v) is 20.0. The third kappa shape index (κ3) is 7.20. The molecule has 0 saturated heterocycles. The molecule has 12 nitrogen and oxygen atoms in total. The fourth-order valence-electron chi connectivity index (χ4n) is 7.86. The van der Waals surface area contributed by atoms with Gasteiger partial charge in [-0.1, -0.05) is 41.9 Å². The Morgan fingerprint density at radius 2 is 1.72 bits per heavy atom. The number of carbonyl (C=O) groups excluding carboxylic acids is 1. The highest BCUT2D eigenvalue weighted by Crippen LogP contribution is 2.68. The van der Waals surface area contributed by atoms with E-state index in [1.807, 2.05) is 0 Å². The van der Waals surface area contributed by atoms with Crippen LogP contribution in [0.15, 0.2) is 71.5 Å². The lowest BCUT2D eigenvalue weighted by Gasteiger charge is -2.23. The van der Waals surface area contributed by atoms with Crippen molar-refractivity contribution in [1.82, 2.24) is 34.4 Å². The molecule has 2 N–H and O–H groups in total. The van der Waals surface area contributed by atoms with Crippen molar-refractivity contribution in [3.05, 3.63) is 122 Å². The average molecular weight is 845 g/mol. The Bertz CT molecular complexity index is 2790. The second kappa shape index (κ2) is 14.3. The number of fused-ring (bicyclic) bond motifs is 4. The lowest BCUT2D eigenvalue weighted by Crippen LogP contribution is -2.42. The van der Waals surface area contributed by atoms with E-state index in [1.54, 1.807) is 30.3 Å². The van der Waals surface area contributed by atoms with E-state index in [4.69, 9.17) is 16.6 Å². The van der Waals surface area contributed by atoms with Crippen molar-refractivity contribution in [2.24, 2.45) is 13.0 Å². The summed E-state index contributed by atoms with van der Waals surface area (Å²) in [6.45, 7) is -0.897. The predicted octanol–water partition coefficient (Wildman–Crippen LogP) is 6.40. The van der Waals surface area contributed by atoms with Crippen LogP contribution in [0, 0.1) is 17.6 Å². The standard InChI is InChI=1S/C38H31ClF6N8O4S/c1-51-34-27(9-8-25(39)32(34)37(49-51)50-58(2,56)57)53-28(47-26(16-30(53)55)19-6-4-3-5-7-19)14-22(12-18-10-20(40)13-21(41)11-18)46-29(54)17-52-35-31(33(48-52)36(42)43)23-15-24(23)38(35,44)45/h3-11,13,16,22-24,36H,12,14-15,17H2,1-2H3,(H,46,54)(H,49,50)/t22-,23-,24+/m0/s1. The number of hydrogen-bond acceptors (Lipinski definition) is 7. The molecule has 0 aliphatic heterocycles. The lowest BCUT2D eigenvalue weighted by atomic mass is 10.0. The van der Waals surface area contributed by atoms with Gasteiger partial charge in [-0.15, -0.1) is 0 Å². The summed E-state index contributed by atoms with van der Waals surface area (Å²) in [5.41, 5.74) is -1.31. The largest absolute Gasteiger partial charge is 0.351 e. The molecule has 2 aliphatic carbocycles. The van der Waals surface area contributed by atoms with Gasteiger partial charge in [0.05, 0.1) is 33.6 Å². The fourth-order valence-corrected chi connectivity index (χ4v) is 8.60. The van der Waals surface area contributed by atoms with E-state index in [0.717, 1.165) is 18.4 Å². The van der Waals surface area contributed by atoms with E-state index < -0.39 is 81.3 Å². The summed E-state index contributed by atoms with van der Waals surface area (Å²) in [7, 11) is -2.35. The number of carbonyl (C=O) groups is 1. The highest BCUT2D eigenvalue weighted by molar-refractivity contribution is 7.92. The van der Waals surface area contributed by atoms with Crippen molar-refractivity contribution in [2.75, 3.05) is 11.0 Å². The van der Waals surface area contributed by atoms with Gasteiger partial charge >= 0.3 is 0 Å². The van der Waals surface area contributed by atoms with Gasteiger partial charge in [0.1, 0.15) is 35.4 Å². The van der Waals surface area contributed by atoms with Gasteiger partial charge in [0, 0.05) is 48.7 Å². The van der Waals surface area contributed by atoms with Crippen molar-refractivity contribution in [3.63, 3.8) is 0 Å². The van der Waals surface area contributed by atoms with Crippen molar-refractivity contribution >= 4 is 44.3 Å². The van der Waals surface area contributed by atoms with Gasteiger partial charge in [0.15, 0.2) is 5.82 Å². The van der Waals surface area contributed by atoms with Crippen LogP contribution in [0.25, 0.3) is 27.8 Å². The number of hydrogen-bond donors (Lipinski definition) is 2. The van der Waals surface area contributed by atoms with E-state index in [0.29, 0.717) is 16.3 Å². The smallest absolute Gasteiger partial charge is 0.293 e. The molecule has 302 valence electrons. The summed E-state index contributed by atoms with van der Waals surface area (Å²) in [5.74, 6) is -8.39. The molecule has 20 heteroatoms. The van der Waals surface area contributed by atoms with Gasteiger partial charge < -0.3 is 5.32 Å². The van der Waals surface area contributed by atoms with Crippen LogP contribution in [-0.2, 0) is 47.2 Å². The van der Waals surface area contributed by atoms with Crippen molar-refractivity contribution in [2.45, 2.75) is 50.1 Å². The molecule has 0 bridgehead atoms. The minimum absolute atomic E-state index is 0.0115. The Morgan fingerprint density at radius 3 is 2.40 bits per heavy atom. The second-order valence-corrected chi connectivity index (χ2v) is 16.5. The molecule has 1 amide bonds.